The quantitative estimate of drug-likeness (QED) is 0.328. The highest BCUT2D eigenvalue weighted by molar-refractivity contribution is 5.93. The summed E-state index contributed by atoms with van der Waals surface area (Å²) in [4.78, 5) is 7.53. The number of nitrogens with zero attached hydrogens (tertiary/aromatic N) is 2. The standard InChI is InChI=1S/C11H17N5O3/c12-10(13)16-11(14)15-7-1-3-9(4-2-7)19-6-8(18)5-17/h1-4,8,17-18H,5-6H2,(H6,12,13,14,15,16). The van der Waals surface area contributed by atoms with Crippen molar-refractivity contribution in [1.29, 1.82) is 0 Å². The molecule has 0 heterocycles. The van der Waals surface area contributed by atoms with Gasteiger partial charge in [0.15, 0.2) is 5.96 Å². The van der Waals surface area contributed by atoms with Crippen LogP contribution in [0.2, 0.25) is 0 Å². The first-order chi connectivity index (χ1) is 9.01. The zero-order valence-electron chi connectivity index (χ0n) is 10.2. The summed E-state index contributed by atoms with van der Waals surface area (Å²) >= 11 is 0. The van der Waals surface area contributed by atoms with E-state index in [-0.39, 0.29) is 25.1 Å². The van der Waals surface area contributed by atoms with Gasteiger partial charge in [0.2, 0.25) is 5.96 Å². The highest BCUT2D eigenvalue weighted by Gasteiger charge is 2.02. The van der Waals surface area contributed by atoms with Crippen LogP contribution in [0.1, 0.15) is 0 Å². The lowest BCUT2D eigenvalue weighted by molar-refractivity contribution is 0.0536. The van der Waals surface area contributed by atoms with Gasteiger partial charge in [-0.2, -0.15) is 4.99 Å². The highest BCUT2D eigenvalue weighted by atomic mass is 16.5. The summed E-state index contributed by atoms with van der Waals surface area (Å²) in [5, 5.41) is 17.8. The molecule has 0 aromatic heterocycles. The van der Waals surface area contributed by atoms with Crippen molar-refractivity contribution in [2.45, 2.75) is 6.10 Å². The van der Waals surface area contributed by atoms with Crippen molar-refractivity contribution in [2.24, 2.45) is 27.2 Å². The zero-order valence-corrected chi connectivity index (χ0v) is 10.2. The number of nitrogens with two attached hydrogens (primary N) is 3. The maximum Gasteiger partial charge on any atom is 0.223 e. The summed E-state index contributed by atoms with van der Waals surface area (Å²) in [6.45, 7) is -0.341. The van der Waals surface area contributed by atoms with Crippen LogP contribution in [0.5, 0.6) is 5.75 Å². The third kappa shape index (κ3) is 5.70. The van der Waals surface area contributed by atoms with Gasteiger partial charge in [0.1, 0.15) is 18.5 Å². The van der Waals surface area contributed by atoms with Crippen LogP contribution in [-0.4, -0.2) is 41.4 Å². The van der Waals surface area contributed by atoms with Crippen LogP contribution in [0.3, 0.4) is 0 Å². The van der Waals surface area contributed by atoms with Crippen LogP contribution >= 0.6 is 0 Å². The Hall–Kier alpha value is -2.32. The number of ether oxygens (including phenoxy) is 1. The number of guanidine groups is 2. The largest absolute Gasteiger partial charge is 0.491 e. The molecule has 8 N–H and O–H groups in total. The molecule has 0 radical (unpaired) electrons. The van der Waals surface area contributed by atoms with Gasteiger partial charge in [-0.25, -0.2) is 4.99 Å². The van der Waals surface area contributed by atoms with Crippen LogP contribution in [-0.2, 0) is 0 Å². The van der Waals surface area contributed by atoms with E-state index in [1.54, 1.807) is 24.3 Å². The summed E-state index contributed by atoms with van der Waals surface area (Å²) in [5.41, 5.74) is 16.3. The predicted molar refractivity (Wildman–Crippen MR) is 72.1 cm³/mol. The maximum atomic E-state index is 9.12. The molecule has 0 amide bonds. The Bertz CT molecular complexity index is 454. The summed E-state index contributed by atoms with van der Waals surface area (Å²) in [6.07, 6.45) is -0.907. The Morgan fingerprint density at radius 3 is 2.37 bits per heavy atom. The van der Waals surface area contributed by atoms with Gasteiger partial charge in [-0.1, -0.05) is 0 Å². The van der Waals surface area contributed by atoms with E-state index in [1.807, 2.05) is 0 Å². The van der Waals surface area contributed by atoms with E-state index in [0.29, 0.717) is 11.4 Å². The summed E-state index contributed by atoms with van der Waals surface area (Å²) in [5.74, 6) is 0.315. The van der Waals surface area contributed by atoms with E-state index in [0.717, 1.165) is 0 Å². The van der Waals surface area contributed by atoms with Gasteiger partial charge in [0.25, 0.3) is 0 Å². The second-order valence-corrected chi connectivity index (χ2v) is 3.65. The minimum Gasteiger partial charge on any atom is -0.491 e. The number of rotatable bonds is 5. The molecule has 0 saturated heterocycles. The van der Waals surface area contributed by atoms with E-state index in [1.165, 1.54) is 0 Å². The van der Waals surface area contributed by atoms with Crippen LogP contribution < -0.4 is 21.9 Å². The van der Waals surface area contributed by atoms with E-state index >= 15 is 0 Å². The molecule has 0 aliphatic rings. The van der Waals surface area contributed by atoms with Gasteiger partial charge in [0.05, 0.1) is 12.3 Å². The minimum atomic E-state index is -0.907. The molecule has 1 atom stereocenters. The third-order valence-electron chi connectivity index (χ3n) is 1.98. The fourth-order valence-electron chi connectivity index (χ4n) is 1.15. The van der Waals surface area contributed by atoms with Crippen molar-refractivity contribution in [3.63, 3.8) is 0 Å². The van der Waals surface area contributed by atoms with Gasteiger partial charge < -0.3 is 32.2 Å². The molecule has 8 nitrogen and oxygen atoms in total. The van der Waals surface area contributed by atoms with Crippen LogP contribution in [0, 0.1) is 0 Å². The molecule has 1 aromatic carbocycles. The Morgan fingerprint density at radius 2 is 1.84 bits per heavy atom. The fourth-order valence-corrected chi connectivity index (χ4v) is 1.15. The molecule has 0 aliphatic carbocycles. The first-order valence-electron chi connectivity index (χ1n) is 5.47. The van der Waals surface area contributed by atoms with Gasteiger partial charge in [0, 0.05) is 0 Å². The number of aliphatic imine (C=N–C) groups is 2. The molecular formula is C11H17N5O3. The topological polar surface area (TPSA) is 152 Å². The number of aliphatic hydroxyl groups is 2. The Balaban J connectivity index is 2.64. The smallest absolute Gasteiger partial charge is 0.223 e. The molecule has 1 aromatic rings. The van der Waals surface area contributed by atoms with Gasteiger partial charge in [-0.15, -0.1) is 0 Å². The van der Waals surface area contributed by atoms with Crippen molar-refractivity contribution in [1.82, 2.24) is 0 Å². The molecule has 0 spiro atoms. The molecule has 8 heteroatoms. The fraction of sp³-hybridized carbons (Fsp3) is 0.273. The minimum absolute atomic E-state index is 0.00918. The Kier molecular flexibility index (Phi) is 5.58. The van der Waals surface area contributed by atoms with Crippen LogP contribution in [0.25, 0.3) is 0 Å². The van der Waals surface area contributed by atoms with Gasteiger partial charge >= 0.3 is 0 Å². The van der Waals surface area contributed by atoms with Crippen molar-refractivity contribution in [3.05, 3.63) is 24.3 Å². The van der Waals surface area contributed by atoms with Crippen molar-refractivity contribution < 1.29 is 14.9 Å². The van der Waals surface area contributed by atoms with E-state index in [2.05, 4.69) is 9.98 Å². The van der Waals surface area contributed by atoms with E-state index < -0.39 is 6.10 Å². The second-order valence-electron chi connectivity index (χ2n) is 3.65. The number of benzene rings is 1. The van der Waals surface area contributed by atoms with Crippen LogP contribution in [0.15, 0.2) is 34.3 Å². The van der Waals surface area contributed by atoms with Crippen molar-refractivity contribution >= 4 is 17.6 Å². The Labute approximate surface area is 110 Å². The highest BCUT2D eigenvalue weighted by Crippen LogP contribution is 2.18. The SMILES string of the molecule is NC(N)=NC(N)=Nc1ccc(OCC(O)CO)cc1. The van der Waals surface area contributed by atoms with Gasteiger partial charge in [-0.05, 0) is 24.3 Å². The summed E-state index contributed by atoms with van der Waals surface area (Å²) in [7, 11) is 0. The van der Waals surface area contributed by atoms with E-state index in [9.17, 15) is 0 Å². The Morgan fingerprint density at radius 1 is 1.21 bits per heavy atom. The zero-order chi connectivity index (χ0) is 14.3. The third-order valence-corrected chi connectivity index (χ3v) is 1.98. The summed E-state index contributed by atoms with van der Waals surface area (Å²) in [6, 6.07) is 6.59. The molecule has 0 saturated carbocycles. The average Bonchev–Trinajstić information content (AvgIpc) is 2.36. The number of hydrogen-bond acceptors (Lipinski definition) is 4. The molecular weight excluding hydrogens is 250 g/mol. The lowest BCUT2D eigenvalue weighted by Crippen LogP contribution is -2.26. The van der Waals surface area contributed by atoms with Crippen molar-refractivity contribution in [3.8, 4) is 5.75 Å². The molecule has 0 fully saturated rings. The molecule has 19 heavy (non-hydrogen) atoms. The molecule has 104 valence electrons. The summed E-state index contributed by atoms with van der Waals surface area (Å²) < 4.78 is 5.23. The lowest BCUT2D eigenvalue weighted by Gasteiger charge is -2.09. The number of aliphatic hydroxyl groups excluding tert-OH is 2. The monoisotopic (exact) mass is 267 g/mol. The molecule has 1 unspecified atom stereocenters. The predicted octanol–water partition coefficient (Wildman–Crippen LogP) is -1.36. The normalized spacial score (nSPS) is 12.8. The van der Waals surface area contributed by atoms with Crippen molar-refractivity contribution in [2.75, 3.05) is 13.2 Å². The average molecular weight is 267 g/mol. The number of hydrogen-bond donors (Lipinski definition) is 5. The first-order valence-corrected chi connectivity index (χ1v) is 5.47. The molecule has 0 bridgehead atoms. The molecule has 0 aliphatic heterocycles. The first kappa shape index (κ1) is 14.7. The van der Waals surface area contributed by atoms with Crippen LogP contribution in [0.4, 0.5) is 5.69 Å². The van der Waals surface area contributed by atoms with E-state index in [4.69, 9.17) is 32.2 Å². The van der Waals surface area contributed by atoms with Gasteiger partial charge in [-0.3, -0.25) is 0 Å². The lowest BCUT2D eigenvalue weighted by atomic mass is 10.3. The maximum absolute atomic E-state index is 9.12. The molecule has 1 rings (SSSR count). The second kappa shape index (κ2) is 7.19.